The van der Waals surface area contributed by atoms with Gasteiger partial charge in [0.05, 0.1) is 11.4 Å². The molecule has 0 bridgehead atoms. The van der Waals surface area contributed by atoms with Gasteiger partial charge in [-0.25, -0.2) is 4.99 Å². The van der Waals surface area contributed by atoms with Gasteiger partial charge in [0, 0.05) is 5.56 Å². The molecule has 0 spiro atoms. The quantitative estimate of drug-likeness (QED) is 0.202. The minimum Gasteiger partial charge on any atom is -0.248 e. The van der Waals surface area contributed by atoms with Gasteiger partial charge in [-0.1, -0.05) is 140 Å². The van der Waals surface area contributed by atoms with E-state index in [1.54, 1.807) is 0 Å². The Bertz CT molecular complexity index is 1310. The van der Waals surface area contributed by atoms with Crippen molar-refractivity contribution in [3.8, 4) is 0 Å². The zero-order valence-electron chi connectivity index (χ0n) is 18.9. The highest BCUT2D eigenvalue weighted by atomic mass is 31.2. The number of hydrogen-bond donors (Lipinski definition) is 0. The molecule has 0 radical (unpaired) electrons. The highest BCUT2D eigenvalue weighted by Gasteiger charge is 2.26. The molecule has 0 amide bonds. The zero-order chi connectivity index (χ0) is 23.1. The van der Waals surface area contributed by atoms with Crippen molar-refractivity contribution in [2.24, 2.45) is 4.99 Å². The van der Waals surface area contributed by atoms with Crippen molar-refractivity contribution in [1.82, 2.24) is 0 Å². The predicted octanol–water partition coefficient (Wildman–Crippen LogP) is 6.60. The average molecular weight is 456 g/mol. The van der Waals surface area contributed by atoms with Crippen LogP contribution in [0.5, 0.6) is 0 Å². The molecule has 5 rings (SSSR count). The first kappa shape index (κ1) is 21.9. The van der Waals surface area contributed by atoms with Crippen LogP contribution in [-0.2, 0) is 0 Å². The fourth-order valence-corrected chi connectivity index (χ4v) is 8.10. The Morgan fingerprint density at radius 1 is 0.441 bits per heavy atom. The average Bonchev–Trinajstić information content (AvgIpc) is 2.93. The summed E-state index contributed by atoms with van der Waals surface area (Å²) in [5, 5.41) is 3.93. The summed E-state index contributed by atoms with van der Waals surface area (Å²) in [4.78, 5) is 5.18. The minimum absolute atomic E-state index is 0.949. The molecule has 0 saturated carbocycles. The van der Waals surface area contributed by atoms with Crippen LogP contribution in [-0.4, -0.2) is 11.5 Å². The normalized spacial score (nSPS) is 11.7. The van der Waals surface area contributed by atoms with Gasteiger partial charge >= 0.3 is 0 Å². The Hall–Kier alpha value is -3.93. The molecule has 0 unspecified atom stereocenters. The SMILES string of the molecule is C(C(=Nc1ccccc1)c1ccccc1)=P(c1ccccc1)(c1ccccc1)c1ccccc1. The smallest absolute Gasteiger partial charge is 0.0719 e. The molecule has 0 aliphatic rings. The van der Waals surface area contributed by atoms with Crippen LogP contribution in [0.3, 0.4) is 0 Å². The van der Waals surface area contributed by atoms with E-state index in [-0.39, 0.29) is 0 Å². The van der Waals surface area contributed by atoms with Crippen molar-refractivity contribution in [3.63, 3.8) is 0 Å². The molecule has 0 aliphatic carbocycles. The lowest BCUT2D eigenvalue weighted by Crippen LogP contribution is -2.28. The van der Waals surface area contributed by atoms with E-state index in [9.17, 15) is 0 Å². The Kier molecular flexibility index (Phi) is 6.66. The maximum atomic E-state index is 5.18. The van der Waals surface area contributed by atoms with E-state index in [1.165, 1.54) is 15.9 Å². The molecule has 0 heterocycles. The molecule has 5 aromatic carbocycles. The van der Waals surface area contributed by atoms with Crippen molar-refractivity contribution in [1.29, 1.82) is 0 Å². The Labute approximate surface area is 202 Å². The van der Waals surface area contributed by atoms with E-state index in [0.717, 1.165) is 17.0 Å². The molecule has 0 saturated heterocycles. The molecular weight excluding hydrogens is 429 g/mol. The monoisotopic (exact) mass is 455 g/mol. The molecule has 5 aromatic rings. The van der Waals surface area contributed by atoms with Crippen molar-refractivity contribution < 1.29 is 0 Å². The van der Waals surface area contributed by atoms with Gasteiger partial charge in [-0.15, -0.1) is 0 Å². The van der Waals surface area contributed by atoms with E-state index >= 15 is 0 Å². The van der Waals surface area contributed by atoms with E-state index in [1.807, 2.05) is 18.2 Å². The number of benzene rings is 5. The third-order valence-electron chi connectivity index (χ3n) is 5.88. The van der Waals surface area contributed by atoms with Crippen LogP contribution < -0.4 is 15.9 Å². The van der Waals surface area contributed by atoms with E-state index in [2.05, 4.69) is 139 Å². The summed E-state index contributed by atoms with van der Waals surface area (Å²) in [5.41, 5.74) is 3.04. The fourth-order valence-electron chi connectivity index (χ4n) is 4.26. The molecule has 2 heteroatoms. The summed E-state index contributed by atoms with van der Waals surface area (Å²) < 4.78 is 0. The first-order valence-corrected chi connectivity index (χ1v) is 13.3. The van der Waals surface area contributed by atoms with Gasteiger partial charge in [0.2, 0.25) is 0 Å². The molecule has 0 atom stereocenters. The number of hydrogen-bond acceptors (Lipinski definition) is 1. The summed E-state index contributed by atoms with van der Waals surface area (Å²) in [6.45, 7) is -2.17. The minimum atomic E-state index is -2.17. The van der Waals surface area contributed by atoms with Gasteiger partial charge in [0.15, 0.2) is 0 Å². The zero-order valence-corrected chi connectivity index (χ0v) is 19.8. The van der Waals surface area contributed by atoms with E-state index < -0.39 is 6.89 Å². The highest BCUT2D eigenvalue weighted by molar-refractivity contribution is 7.95. The van der Waals surface area contributed by atoms with Crippen LogP contribution in [0.1, 0.15) is 5.56 Å². The Morgan fingerprint density at radius 3 is 1.21 bits per heavy atom. The first-order valence-electron chi connectivity index (χ1n) is 11.5. The van der Waals surface area contributed by atoms with Gasteiger partial charge in [-0.3, -0.25) is 0 Å². The molecule has 1 nitrogen and oxygen atoms in total. The number of nitrogens with zero attached hydrogens (tertiary/aromatic N) is 1. The van der Waals surface area contributed by atoms with Crippen molar-refractivity contribution in [2.75, 3.05) is 0 Å². The second-order valence-electron chi connectivity index (χ2n) is 8.06. The summed E-state index contributed by atoms with van der Waals surface area (Å²) in [5.74, 6) is 2.44. The lowest BCUT2D eigenvalue weighted by Gasteiger charge is -2.29. The Balaban J connectivity index is 1.90. The molecule has 164 valence electrons. The standard InChI is InChI=1S/C32H26NP/c1-6-16-27(17-7-1)32(33-28-18-8-2-9-19-28)26-34(29-20-10-3-11-21-29,30-22-12-4-13-23-30)31-24-14-5-15-25-31/h1-26H. The molecular formula is C32H26NP. The second-order valence-corrected chi connectivity index (χ2v) is 11.3. The lowest BCUT2D eigenvalue weighted by molar-refractivity contribution is 1.51. The molecule has 0 N–H and O–H groups in total. The first-order chi connectivity index (χ1) is 16.9. The third kappa shape index (κ3) is 4.57. The number of rotatable bonds is 6. The summed E-state index contributed by atoms with van der Waals surface area (Å²) in [6, 6.07) is 53.4. The maximum Gasteiger partial charge on any atom is 0.0719 e. The van der Waals surface area contributed by atoms with Crippen LogP contribution in [0.15, 0.2) is 157 Å². The van der Waals surface area contributed by atoms with Gasteiger partial charge in [0.1, 0.15) is 0 Å². The predicted molar refractivity (Wildman–Crippen MR) is 150 cm³/mol. The highest BCUT2D eigenvalue weighted by Crippen LogP contribution is 2.44. The fraction of sp³-hybridized carbons (Fsp3) is 0. The Morgan fingerprint density at radius 2 is 0.794 bits per heavy atom. The summed E-state index contributed by atoms with van der Waals surface area (Å²) in [7, 11) is 0. The van der Waals surface area contributed by atoms with Gasteiger partial charge in [-0.2, -0.15) is 0 Å². The summed E-state index contributed by atoms with van der Waals surface area (Å²) in [6.07, 6.45) is 0. The summed E-state index contributed by atoms with van der Waals surface area (Å²) >= 11 is 0. The number of aliphatic imine (C=N–C) groups is 1. The number of para-hydroxylation sites is 1. The van der Waals surface area contributed by atoms with Crippen molar-refractivity contribution >= 4 is 40.0 Å². The van der Waals surface area contributed by atoms with Crippen molar-refractivity contribution in [3.05, 3.63) is 157 Å². The largest absolute Gasteiger partial charge is 0.248 e. The van der Waals surface area contributed by atoms with E-state index in [0.29, 0.717) is 0 Å². The maximum absolute atomic E-state index is 5.18. The molecule has 0 fully saturated rings. The second kappa shape index (κ2) is 10.3. The van der Waals surface area contributed by atoms with Gasteiger partial charge < -0.3 is 0 Å². The topological polar surface area (TPSA) is 12.4 Å². The van der Waals surface area contributed by atoms with Gasteiger partial charge in [0.25, 0.3) is 0 Å². The third-order valence-corrected chi connectivity index (χ3v) is 9.85. The van der Waals surface area contributed by atoms with Crippen molar-refractivity contribution in [2.45, 2.75) is 0 Å². The van der Waals surface area contributed by atoms with Gasteiger partial charge in [-0.05, 0) is 40.7 Å². The van der Waals surface area contributed by atoms with Crippen LogP contribution in [0.2, 0.25) is 0 Å². The van der Waals surface area contributed by atoms with Crippen LogP contribution in [0, 0.1) is 0 Å². The van der Waals surface area contributed by atoms with Crippen LogP contribution in [0.4, 0.5) is 5.69 Å². The molecule has 0 aromatic heterocycles. The lowest BCUT2D eigenvalue weighted by atomic mass is 10.1. The van der Waals surface area contributed by atoms with Crippen LogP contribution in [0.25, 0.3) is 0 Å². The van der Waals surface area contributed by atoms with E-state index in [4.69, 9.17) is 4.99 Å². The van der Waals surface area contributed by atoms with Crippen LogP contribution >= 0.6 is 6.89 Å². The molecule has 0 aliphatic heterocycles. The molecule has 34 heavy (non-hydrogen) atoms.